The molecule has 0 fully saturated rings. The van der Waals surface area contributed by atoms with Crippen LogP contribution in [0.15, 0.2) is 84.5 Å². The molecule has 4 aromatic carbocycles. The number of hydrogen-bond donors (Lipinski definition) is 0. The molecule has 240 valence electrons. The summed E-state index contributed by atoms with van der Waals surface area (Å²) in [7, 11) is 0. The summed E-state index contributed by atoms with van der Waals surface area (Å²) in [6.07, 6.45) is 14.5. The van der Waals surface area contributed by atoms with E-state index >= 15 is 0 Å². The Kier molecular flexibility index (Phi) is 12.4. The van der Waals surface area contributed by atoms with E-state index in [9.17, 15) is 0 Å². The number of allylic oxidation sites excluding steroid dienone is 8. The number of hydrogen-bond acceptors (Lipinski definition) is 0. The van der Waals surface area contributed by atoms with Crippen molar-refractivity contribution in [1.29, 1.82) is 0 Å². The molecule has 3 aliphatic rings. The Morgan fingerprint density at radius 1 is 0.761 bits per heavy atom. The molecular weight excluding hydrogens is 679 g/mol. The third-order valence-corrected chi connectivity index (χ3v) is 10.4. The molecule has 0 bridgehead atoms. The van der Waals surface area contributed by atoms with Crippen LogP contribution in [0.25, 0.3) is 32.7 Å². The fourth-order valence-corrected chi connectivity index (χ4v) is 7.10. The first-order valence-corrected chi connectivity index (χ1v) is 17.4. The van der Waals surface area contributed by atoms with Crippen molar-refractivity contribution < 1.29 is 49.0 Å². The zero-order valence-corrected chi connectivity index (χ0v) is 33.2. The summed E-state index contributed by atoms with van der Waals surface area (Å²) >= 11 is 1.51. The Balaban J connectivity index is 0.000000251. The molecule has 0 radical (unpaired) electrons. The average Bonchev–Trinajstić information content (AvgIpc) is 3.53. The Labute approximate surface area is 305 Å². The normalized spacial score (nSPS) is 18.3. The topological polar surface area (TPSA) is 0 Å². The smallest absolute Gasteiger partial charge is 1.00 e. The maximum absolute atomic E-state index is 3.15. The van der Waals surface area contributed by atoms with Gasteiger partial charge in [0.1, 0.15) is 0 Å². The molecule has 0 aromatic heterocycles. The molecule has 7 rings (SSSR count). The molecule has 3 aliphatic carbocycles. The number of halogens is 2. The largest absolute Gasteiger partial charge is 1.00 e. The quantitative estimate of drug-likeness (QED) is 0.214. The predicted molar refractivity (Wildman–Crippen MR) is 191 cm³/mol. The first-order valence-electron chi connectivity index (χ1n) is 16.1. The van der Waals surface area contributed by atoms with Crippen LogP contribution in [-0.4, -0.2) is 3.21 Å². The molecule has 0 saturated heterocycles. The molecule has 1 unspecified atom stereocenters. The molecule has 0 heterocycles. The Bertz CT molecular complexity index is 1780. The number of aryl methyl sites for hydroxylation is 1. The van der Waals surface area contributed by atoms with Gasteiger partial charge in [0.25, 0.3) is 0 Å². The predicted octanol–water partition coefficient (Wildman–Crippen LogP) is 5.91. The second kappa shape index (κ2) is 14.9. The van der Waals surface area contributed by atoms with E-state index in [1.807, 2.05) is 6.08 Å². The van der Waals surface area contributed by atoms with Gasteiger partial charge in [0.05, 0.1) is 0 Å². The minimum atomic E-state index is 0. The van der Waals surface area contributed by atoms with Gasteiger partial charge in [0, 0.05) is 0 Å². The zero-order valence-electron chi connectivity index (χ0n) is 29.3. The first kappa shape index (κ1) is 38.3. The summed E-state index contributed by atoms with van der Waals surface area (Å²) in [5.74, 6) is 0.556. The van der Waals surface area contributed by atoms with Gasteiger partial charge in [0.15, 0.2) is 0 Å². The number of fused-ring (bicyclic) bond motifs is 5. The van der Waals surface area contributed by atoms with Crippen LogP contribution in [0.2, 0.25) is 0 Å². The van der Waals surface area contributed by atoms with Crippen LogP contribution in [0.5, 0.6) is 0 Å². The Morgan fingerprint density at radius 2 is 1.22 bits per heavy atom. The SMILES string of the molecule is CC1=CC(C)[C-]=C1.CC1=CCC(C)(C)c2cc3[cH-]c4cc5c(cc4c3cc21)C(C)=CCC5(C)C.C[C](=[Zr+2])c1ccc(C)cc1.[Cl-].[Cl-]. The van der Waals surface area contributed by atoms with Crippen LogP contribution in [0, 0.1) is 18.9 Å². The molecule has 4 aromatic rings. The van der Waals surface area contributed by atoms with Gasteiger partial charge in [-0.1, -0.05) is 75.9 Å². The third-order valence-electron chi connectivity index (χ3n) is 9.70. The fourth-order valence-electron chi connectivity index (χ4n) is 6.69. The summed E-state index contributed by atoms with van der Waals surface area (Å²) in [5.41, 5.74) is 13.2. The van der Waals surface area contributed by atoms with Crippen molar-refractivity contribution >= 4 is 35.9 Å². The monoisotopic (exact) mass is 724 g/mol. The molecule has 1 atom stereocenters. The Hall–Kier alpha value is -2.18. The molecule has 46 heavy (non-hydrogen) atoms. The van der Waals surface area contributed by atoms with Gasteiger partial charge in [-0.3, -0.25) is 6.08 Å². The van der Waals surface area contributed by atoms with Crippen LogP contribution in [-0.2, 0) is 35.1 Å². The molecular formula is C43H48Cl2Zr-2. The summed E-state index contributed by atoms with van der Waals surface area (Å²) in [6.45, 7) is 22.5. The first-order chi connectivity index (χ1) is 20.7. The number of benzene rings is 3. The Morgan fingerprint density at radius 3 is 1.57 bits per heavy atom. The minimum Gasteiger partial charge on any atom is -1.00 e. The molecule has 0 amide bonds. The van der Waals surface area contributed by atoms with E-state index in [0.717, 1.165) is 12.8 Å². The molecule has 3 heteroatoms. The van der Waals surface area contributed by atoms with Gasteiger partial charge >= 0.3 is 76.7 Å². The molecule has 0 spiro atoms. The summed E-state index contributed by atoms with van der Waals surface area (Å²) in [6, 6.07) is 20.9. The van der Waals surface area contributed by atoms with Gasteiger partial charge < -0.3 is 24.8 Å². The van der Waals surface area contributed by atoms with Gasteiger partial charge in [0.2, 0.25) is 0 Å². The zero-order chi connectivity index (χ0) is 32.0. The van der Waals surface area contributed by atoms with E-state index in [4.69, 9.17) is 0 Å². The van der Waals surface area contributed by atoms with E-state index in [-0.39, 0.29) is 35.6 Å². The van der Waals surface area contributed by atoms with E-state index in [1.165, 1.54) is 99.1 Å². The van der Waals surface area contributed by atoms with Crippen LogP contribution in [0.1, 0.15) is 109 Å². The maximum Gasteiger partial charge on any atom is -1.00 e. The second-order valence-corrected chi connectivity index (χ2v) is 16.4. The van der Waals surface area contributed by atoms with Crippen LogP contribution in [0.3, 0.4) is 0 Å². The molecule has 0 saturated carbocycles. The molecule has 0 nitrogen and oxygen atoms in total. The van der Waals surface area contributed by atoms with Crippen molar-refractivity contribution in [3.63, 3.8) is 0 Å². The van der Waals surface area contributed by atoms with E-state index < -0.39 is 0 Å². The average molecular weight is 727 g/mol. The van der Waals surface area contributed by atoms with Crippen molar-refractivity contribution in [3.8, 4) is 0 Å². The van der Waals surface area contributed by atoms with Gasteiger partial charge in [-0.25, -0.2) is 11.6 Å². The standard InChI is InChI=1S/C27H29.C9H10.C7H9.2ClH.Zr/c1-16-7-9-26(3,4)24-12-18-11-19-13-25-21(17(2)8-10-27(25,5)6)15-23(19)22(18)14-20(16)24;1-3-9-6-4-8(2)5-7-9;1-6-3-4-7(2)5-6;;;/h7-8,11-15H,9-10H2,1-6H3;4-7H,1-2H3;3,5,7H,1-2H3;2*1H;/q-1;;-1;;;+2/p-2. The fraction of sp³-hybridized carbons (Fsp3) is 0.349. The second-order valence-electron chi connectivity index (χ2n) is 14.6. The van der Waals surface area contributed by atoms with E-state index in [2.05, 4.69) is 148 Å². The van der Waals surface area contributed by atoms with Crippen molar-refractivity contribution in [2.75, 3.05) is 0 Å². The van der Waals surface area contributed by atoms with Gasteiger partial charge in [-0.05, 0) is 59.8 Å². The van der Waals surface area contributed by atoms with Crippen molar-refractivity contribution in [3.05, 3.63) is 124 Å². The van der Waals surface area contributed by atoms with Crippen LogP contribution in [0.4, 0.5) is 0 Å². The van der Waals surface area contributed by atoms with E-state index in [0.29, 0.717) is 5.92 Å². The maximum atomic E-state index is 3.15. The third kappa shape index (κ3) is 8.09. The summed E-state index contributed by atoms with van der Waals surface area (Å²) in [5, 5.41) is 5.61. The van der Waals surface area contributed by atoms with Crippen molar-refractivity contribution in [2.24, 2.45) is 5.92 Å². The van der Waals surface area contributed by atoms with Crippen molar-refractivity contribution in [2.45, 2.75) is 92.9 Å². The minimum absolute atomic E-state index is 0. The summed E-state index contributed by atoms with van der Waals surface area (Å²) in [4.78, 5) is 0. The van der Waals surface area contributed by atoms with Crippen LogP contribution < -0.4 is 24.8 Å². The molecule has 0 aliphatic heterocycles. The molecule has 0 N–H and O–H groups in total. The van der Waals surface area contributed by atoms with Gasteiger partial charge in [-0.15, -0.1) is 46.7 Å². The summed E-state index contributed by atoms with van der Waals surface area (Å²) < 4.78 is 1.46. The van der Waals surface area contributed by atoms with Crippen LogP contribution >= 0.6 is 0 Å². The van der Waals surface area contributed by atoms with Gasteiger partial charge in [-0.2, -0.15) is 6.08 Å². The number of rotatable bonds is 1. The van der Waals surface area contributed by atoms with Crippen molar-refractivity contribution in [1.82, 2.24) is 0 Å². The van der Waals surface area contributed by atoms with E-state index in [1.54, 1.807) is 0 Å².